The summed E-state index contributed by atoms with van der Waals surface area (Å²) in [5.74, 6) is -0.774. The number of aliphatic hydroxyl groups is 1. The molecule has 150 valence electrons. The SMILES string of the molecule is COc1ccc(S(=O)(=O)N[C@H]2C[C@H](O)C2)cc1C(=O)Nc1ccc(F)c(C)c1. The Hall–Kier alpha value is -2.49. The van der Waals surface area contributed by atoms with Crippen molar-refractivity contribution in [1.82, 2.24) is 4.72 Å². The molecule has 0 aromatic heterocycles. The van der Waals surface area contributed by atoms with Crippen molar-refractivity contribution in [2.24, 2.45) is 0 Å². The minimum absolute atomic E-state index is 0.0287. The number of hydrogen-bond donors (Lipinski definition) is 3. The summed E-state index contributed by atoms with van der Waals surface area (Å²) in [4.78, 5) is 12.6. The van der Waals surface area contributed by atoms with Crippen molar-refractivity contribution >= 4 is 21.6 Å². The van der Waals surface area contributed by atoms with E-state index in [2.05, 4.69) is 10.0 Å². The number of sulfonamides is 1. The number of aryl methyl sites for hydroxylation is 1. The van der Waals surface area contributed by atoms with Crippen LogP contribution in [0.5, 0.6) is 5.75 Å². The largest absolute Gasteiger partial charge is 0.496 e. The molecule has 0 spiro atoms. The Kier molecular flexibility index (Phi) is 5.69. The van der Waals surface area contributed by atoms with Gasteiger partial charge in [0.15, 0.2) is 0 Å². The molecule has 0 atom stereocenters. The third-order valence-electron chi connectivity index (χ3n) is 4.58. The molecule has 7 nitrogen and oxygen atoms in total. The molecule has 0 heterocycles. The van der Waals surface area contributed by atoms with E-state index in [-0.39, 0.29) is 22.3 Å². The molecule has 0 aliphatic heterocycles. The van der Waals surface area contributed by atoms with Crippen molar-refractivity contribution in [2.45, 2.75) is 36.8 Å². The summed E-state index contributed by atoms with van der Waals surface area (Å²) in [6.45, 7) is 1.57. The summed E-state index contributed by atoms with van der Waals surface area (Å²) in [7, 11) is -2.48. The first kappa shape index (κ1) is 20.2. The van der Waals surface area contributed by atoms with Crippen LogP contribution in [0, 0.1) is 12.7 Å². The fourth-order valence-corrected chi connectivity index (χ4v) is 4.21. The number of benzene rings is 2. The topological polar surface area (TPSA) is 105 Å². The fourth-order valence-electron chi connectivity index (χ4n) is 2.92. The van der Waals surface area contributed by atoms with Crippen LogP contribution in [0.3, 0.4) is 0 Å². The highest BCUT2D eigenvalue weighted by Crippen LogP contribution is 2.26. The second kappa shape index (κ2) is 7.86. The number of rotatable bonds is 6. The Bertz CT molecular complexity index is 1000. The first-order chi connectivity index (χ1) is 13.2. The van der Waals surface area contributed by atoms with Crippen LogP contribution in [0.2, 0.25) is 0 Å². The molecule has 0 bridgehead atoms. The molecule has 1 amide bonds. The van der Waals surface area contributed by atoms with Crippen LogP contribution < -0.4 is 14.8 Å². The minimum atomic E-state index is -3.86. The summed E-state index contributed by atoms with van der Waals surface area (Å²) in [6, 6.07) is 7.76. The number of hydrogen-bond acceptors (Lipinski definition) is 5. The second-order valence-electron chi connectivity index (χ2n) is 6.72. The number of anilines is 1. The molecule has 1 fully saturated rings. The average molecular weight is 408 g/mol. The molecule has 1 saturated carbocycles. The standard InChI is InChI=1S/C19H21FN2O5S/c1-11-7-12(3-5-17(11)20)21-19(24)16-10-15(4-6-18(16)27-2)28(25,26)22-13-8-14(23)9-13/h3-7,10,13-14,22-23H,8-9H2,1-2H3,(H,21,24)/t13-,14-. The van der Waals surface area contributed by atoms with Gasteiger partial charge in [-0.2, -0.15) is 0 Å². The Balaban J connectivity index is 1.85. The van der Waals surface area contributed by atoms with Gasteiger partial charge in [-0.25, -0.2) is 17.5 Å². The van der Waals surface area contributed by atoms with Crippen molar-refractivity contribution in [3.63, 3.8) is 0 Å². The summed E-state index contributed by atoms with van der Waals surface area (Å²) in [5.41, 5.74) is 0.773. The molecule has 0 unspecified atom stereocenters. The lowest BCUT2D eigenvalue weighted by Gasteiger charge is -2.31. The van der Waals surface area contributed by atoms with Crippen LogP contribution in [0.15, 0.2) is 41.3 Å². The number of carbonyl (C=O) groups is 1. The van der Waals surface area contributed by atoms with E-state index >= 15 is 0 Å². The summed E-state index contributed by atoms with van der Waals surface area (Å²) in [6.07, 6.45) is 0.211. The smallest absolute Gasteiger partial charge is 0.259 e. The van der Waals surface area contributed by atoms with Crippen molar-refractivity contribution in [1.29, 1.82) is 0 Å². The highest BCUT2D eigenvalue weighted by atomic mass is 32.2. The Labute approximate surface area is 162 Å². The molecular weight excluding hydrogens is 387 g/mol. The van der Waals surface area contributed by atoms with E-state index in [4.69, 9.17) is 4.74 Å². The first-order valence-corrected chi connectivity index (χ1v) is 10.1. The first-order valence-electron chi connectivity index (χ1n) is 8.65. The van der Waals surface area contributed by atoms with Crippen LogP contribution in [-0.2, 0) is 10.0 Å². The maximum atomic E-state index is 13.4. The van der Waals surface area contributed by atoms with Gasteiger partial charge in [0.2, 0.25) is 10.0 Å². The van der Waals surface area contributed by atoms with Gasteiger partial charge in [-0.15, -0.1) is 0 Å². The van der Waals surface area contributed by atoms with Gasteiger partial charge < -0.3 is 15.2 Å². The molecule has 3 rings (SSSR count). The fraction of sp³-hybridized carbons (Fsp3) is 0.316. The highest BCUT2D eigenvalue weighted by Gasteiger charge is 2.31. The van der Waals surface area contributed by atoms with Gasteiger partial charge in [0, 0.05) is 11.7 Å². The molecule has 0 radical (unpaired) electrons. The van der Waals surface area contributed by atoms with Crippen molar-refractivity contribution < 1.29 is 27.4 Å². The van der Waals surface area contributed by atoms with Crippen molar-refractivity contribution in [3.05, 3.63) is 53.3 Å². The van der Waals surface area contributed by atoms with Crippen molar-refractivity contribution in [3.8, 4) is 5.75 Å². The predicted octanol–water partition coefficient (Wildman–Crippen LogP) is 2.20. The maximum Gasteiger partial charge on any atom is 0.259 e. The molecule has 0 saturated heterocycles. The monoisotopic (exact) mass is 408 g/mol. The van der Waals surface area contributed by atoms with Crippen LogP contribution >= 0.6 is 0 Å². The van der Waals surface area contributed by atoms with E-state index in [1.54, 1.807) is 6.92 Å². The van der Waals surface area contributed by atoms with E-state index in [9.17, 15) is 22.7 Å². The molecule has 28 heavy (non-hydrogen) atoms. The predicted molar refractivity (Wildman–Crippen MR) is 101 cm³/mol. The zero-order chi connectivity index (χ0) is 20.5. The number of halogens is 1. The zero-order valence-electron chi connectivity index (χ0n) is 15.4. The van der Waals surface area contributed by atoms with Gasteiger partial charge in [-0.1, -0.05) is 0 Å². The van der Waals surface area contributed by atoms with Gasteiger partial charge in [-0.3, -0.25) is 4.79 Å². The van der Waals surface area contributed by atoms with E-state index < -0.39 is 27.9 Å². The minimum Gasteiger partial charge on any atom is -0.496 e. The third kappa shape index (κ3) is 4.32. The highest BCUT2D eigenvalue weighted by molar-refractivity contribution is 7.89. The quantitative estimate of drug-likeness (QED) is 0.680. The van der Waals surface area contributed by atoms with Crippen LogP contribution in [0.25, 0.3) is 0 Å². The second-order valence-corrected chi connectivity index (χ2v) is 8.44. The maximum absolute atomic E-state index is 13.4. The molecular formula is C19H21FN2O5S. The van der Waals surface area contributed by atoms with Crippen LogP contribution in [-0.4, -0.2) is 38.7 Å². The molecule has 1 aliphatic carbocycles. The van der Waals surface area contributed by atoms with E-state index in [1.807, 2.05) is 0 Å². The van der Waals surface area contributed by atoms with Crippen molar-refractivity contribution in [2.75, 3.05) is 12.4 Å². The zero-order valence-corrected chi connectivity index (χ0v) is 16.2. The van der Waals surface area contributed by atoms with Gasteiger partial charge in [0.25, 0.3) is 5.91 Å². The van der Waals surface area contributed by atoms with E-state index in [0.717, 1.165) is 0 Å². The van der Waals surface area contributed by atoms with E-state index in [1.165, 1.54) is 43.5 Å². The van der Waals surface area contributed by atoms with Gasteiger partial charge in [-0.05, 0) is 61.7 Å². The molecule has 2 aromatic carbocycles. The number of amides is 1. The van der Waals surface area contributed by atoms with Gasteiger partial charge >= 0.3 is 0 Å². The molecule has 1 aliphatic rings. The lowest BCUT2D eigenvalue weighted by molar-refractivity contribution is 0.0712. The molecule has 3 N–H and O–H groups in total. The lowest BCUT2D eigenvalue weighted by Crippen LogP contribution is -2.46. The van der Waals surface area contributed by atoms with Gasteiger partial charge in [0.05, 0.1) is 23.7 Å². The summed E-state index contributed by atoms with van der Waals surface area (Å²) < 4.78 is 46.2. The number of ether oxygens (including phenoxy) is 1. The number of nitrogens with one attached hydrogen (secondary N) is 2. The Morgan fingerprint density at radius 1 is 1.21 bits per heavy atom. The van der Waals surface area contributed by atoms with Gasteiger partial charge in [0.1, 0.15) is 11.6 Å². The Morgan fingerprint density at radius 3 is 2.54 bits per heavy atom. The third-order valence-corrected chi connectivity index (χ3v) is 6.09. The van der Waals surface area contributed by atoms with E-state index in [0.29, 0.717) is 24.1 Å². The average Bonchev–Trinajstić information content (AvgIpc) is 2.62. The van der Waals surface area contributed by atoms with Crippen LogP contribution in [0.4, 0.5) is 10.1 Å². The van der Waals surface area contributed by atoms with Crippen LogP contribution in [0.1, 0.15) is 28.8 Å². The normalized spacial score (nSPS) is 19.0. The molecule has 9 heteroatoms. The number of aliphatic hydroxyl groups excluding tert-OH is 1. The Morgan fingerprint density at radius 2 is 1.93 bits per heavy atom. The lowest BCUT2D eigenvalue weighted by atomic mass is 9.91. The summed E-state index contributed by atoms with van der Waals surface area (Å²) >= 11 is 0. The molecule has 2 aromatic rings. The number of methoxy groups -OCH3 is 1. The number of carbonyl (C=O) groups excluding carboxylic acids is 1. The summed E-state index contributed by atoms with van der Waals surface area (Å²) in [5, 5.41) is 11.9.